The second-order valence-electron chi connectivity index (χ2n) is 6.89. The highest BCUT2D eigenvalue weighted by molar-refractivity contribution is 6.00. The number of carbonyl (C=O) groups excluding carboxylic acids is 2. The van der Waals surface area contributed by atoms with Crippen molar-refractivity contribution in [3.63, 3.8) is 0 Å². The van der Waals surface area contributed by atoms with Gasteiger partial charge in [0.15, 0.2) is 0 Å². The number of alkyl halides is 3. The van der Waals surface area contributed by atoms with E-state index in [1.165, 1.54) is 24.1 Å². The molecule has 2 aromatic rings. The number of hydrogen-bond donors (Lipinski definition) is 0. The third kappa shape index (κ3) is 5.05. The van der Waals surface area contributed by atoms with Crippen LogP contribution in [0.15, 0.2) is 42.5 Å². The molecule has 0 radical (unpaired) electrons. The molecule has 3 rings (SSSR count). The summed E-state index contributed by atoms with van der Waals surface area (Å²) in [5, 5.41) is 0. The van der Waals surface area contributed by atoms with Crippen LogP contribution in [-0.4, -0.2) is 36.7 Å². The Bertz CT molecular complexity index is 946. The van der Waals surface area contributed by atoms with Crippen molar-refractivity contribution in [3.05, 3.63) is 59.7 Å². The lowest BCUT2D eigenvalue weighted by Crippen LogP contribution is -2.34. The highest BCUT2D eigenvalue weighted by Gasteiger charge is 2.37. The molecule has 1 aliphatic heterocycles. The molecule has 1 aliphatic rings. The number of benzene rings is 2. The first kappa shape index (κ1) is 21.5. The number of rotatable bonds is 5. The maximum absolute atomic E-state index is 14.0. The number of halogens is 5. The van der Waals surface area contributed by atoms with Crippen LogP contribution >= 0.6 is 0 Å². The zero-order chi connectivity index (χ0) is 22.1. The predicted octanol–water partition coefficient (Wildman–Crippen LogP) is 3.87. The van der Waals surface area contributed by atoms with Crippen LogP contribution in [0.3, 0.4) is 0 Å². The van der Waals surface area contributed by atoms with Gasteiger partial charge >= 0.3 is 6.36 Å². The first-order valence-electron chi connectivity index (χ1n) is 8.88. The Morgan fingerprint density at radius 2 is 1.83 bits per heavy atom. The van der Waals surface area contributed by atoms with Crippen LogP contribution in [0.1, 0.15) is 12.0 Å². The van der Waals surface area contributed by atoms with Gasteiger partial charge in [-0.1, -0.05) is 12.1 Å². The summed E-state index contributed by atoms with van der Waals surface area (Å²) in [5.74, 6) is -3.60. The molecule has 2 amide bonds. The van der Waals surface area contributed by atoms with Crippen molar-refractivity contribution in [1.82, 2.24) is 4.90 Å². The van der Waals surface area contributed by atoms with E-state index < -0.39 is 29.8 Å². The third-order valence-electron chi connectivity index (χ3n) is 4.63. The number of amides is 2. The van der Waals surface area contributed by atoms with E-state index in [-0.39, 0.29) is 36.9 Å². The SMILES string of the molecule is CN(Cc1ccc(OC(F)(F)F)cc1)C(=O)C1CC(=O)N(c2ccc(F)cc2F)C1. The first-order valence-corrected chi connectivity index (χ1v) is 8.88. The number of anilines is 1. The van der Waals surface area contributed by atoms with Gasteiger partial charge in [-0.05, 0) is 29.8 Å². The second kappa shape index (κ2) is 8.29. The Hall–Kier alpha value is -3.17. The Labute approximate surface area is 168 Å². The normalized spacial score (nSPS) is 16.7. The molecular formula is C20H17F5N2O3. The minimum Gasteiger partial charge on any atom is -0.406 e. The summed E-state index contributed by atoms with van der Waals surface area (Å²) in [5.41, 5.74) is 0.464. The number of nitrogens with zero attached hydrogens (tertiary/aromatic N) is 2. The zero-order valence-electron chi connectivity index (χ0n) is 15.7. The standard InChI is InChI=1S/C20H17F5N2O3/c1-26(10-12-2-5-15(6-3-12)30-20(23,24)25)19(29)13-8-18(28)27(11-13)17-7-4-14(21)9-16(17)22/h2-7,9,13H,8,10-11H2,1H3. The van der Waals surface area contributed by atoms with Crippen molar-refractivity contribution < 1.29 is 36.3 Å². The third-order valence-corrected chi connectivity index (χ3v) is 4.63. The van der Waals surface area contributed by atoms with Crippen molar-refractivity contribution in [1.29, 1.82) is 0 Å². The fraction of sp³-hybridized carbons (Fsp3) is 0.300. The van der Waals surface area contributed by atoms with E-state index in [0.717, 1.165) is 29.2 Å². The van der Waals surface area contributed by atoms with Gasteiger partial charge in [0, 0.05) is 32.6 Å². The summed E-state index contributed by atoms with van der Waals surface area (Å²) in [6.45, 7) is 0.0453. The molecule has 1 heterocycles. The van der Waals surface area contributed by atoms with E-state index in [4.69, 9.17) is 0 Å². The maximum Gasteiger partial charge on any atom is 0.573 e. The fourth-order valence-corrected chi connectivity index (χ4v) is 3.27. The Morgan fingerprint density at radius 1 is 1.17 bits per heavy atom. The van der Waals surface area contributed by atoms with E-state index in [1.807, 2.05) is 0 Å². The van der Waals surface area contributed by atoms with Gasteiger partial charge in [0.2, 0.25) is 11.8 Å². The van der Waals surface area contributed by atoms with Crippen molar-refractivity contribution in [2.45, 2.75) is 19.3 Å². The first-order chi connectivity index (χ1) is 14.0. The molecule has 160 valence electrons. The molecule has 0 N–H and O–H groups in total. The monoisotopic (exact) mass is 428 g/mol. The lowest BCUT2D eigenvalue weighted by atomic mass is 10.1. The van der Waals surface area contributed by atoms with Gasteiger partial charge in [-0.3, -0.25) is 9.59 Å². The minimum atomic E-state index is -4.79. The van der Waals surface area contributed by atoms with Crippen LogP contribution < -0.4 is 9.64 Å². The topological polar surface area (TPSA) is 49.9 Å². The Kier molecular flexibility index (Phi) is 5.95. The molecule has 1 unspecified atom stereocenters. The van der Waals surface area contributed by atoms with Crippen LogP contribution in [0.2, 0.25) is 0 Å². The fourth-order valence-electron chi connectivity index (χ4n) is 3.27. The van der Waals surface area contributed by atoms with Crippen molar-refractivity contribution in [3.8, 4) is 5.75 Å². The van der Waals surface area contributed by atoms with Gasteiger partial charge in [0.05, 0.1) is 11.6 Å². The lowest BCUT2D eigenvalue weighted by molar-refractivity contribution is -0.274. The summed E-state index contributed by atoms with van der Waals surface area (Å²) >= 11 is 0. The zero-order valence-corrected chi connectivity index (χ0v) is 15.7. The van der Waals surface area contributed by atoms with Crippen LogP contribution in [0.5, 0.6) is 5.75 Å². The molecule has 1 fully saturated rings. The molecular weight excluding hydrogens is 411 g/mol. The highest BCUT2D eigenvalue weighted by Crippen LogP contribution is 2.29. The van der Waals surface area contributed by atoms with E-state index in [0.29, 0.717) is 11.6 Å². The van der Waals surface area contributed by atoms with Gasteiger partial charge in [-0.25, -0.2) is 8.78 Å². The molecule has 2 aromatic carbocycles. The Morgan fingerprint density at radius 3 is 2.43 bits per heavy atom. The lowest BCUT2D eigenvalue weighted by Gasteiger charge is -2.22. The summed E-state index contributed by atoms with van der Waals surface area (Å²) in [6, 6.07) is 7.90. The quantitative estimate of drug-likeness (QED) is 0.680. The van der Waals surface area contributed by atoms with Crippen LogP contribution in [0, 0.1) is 17.6 Å². The summed E-state index contributed by atoms with van der Waals surface area (Å²) in [4.78, 5) is 27.4. The maximum atomic E-state index is 14.0. The largest absolute Gasteiger partial charge is 0.573 e. The number of carbonyl (C=O) groups is 2. The molecule has 0 bridgehead atoms. The molecule has 1 atom stereocenters. The van der Waals surface area contributed by atoms with Gasteiger partial charge in [0.1, 0.15) is 17.4 Å². The van der Waals surface area contributed by atoms with Crippen molar-refractivity contribution in [2.24, 2.45) is 5.92 Å². The molecule has 0 spiro atoms. The molecule has 10 heteroatoms. The minimum absolute atomic E-state index is 0.0527. The smallest absolute Gasteiger partial charge is 0.406 e. The molecule has 5 nitrogen and oxygen atoms in total. The van der Waals surface area contributed by atoms with Crippen LogP contribution in [0.25, 0.3) is 0 Å². The van der Waals surface area contributed by atoms with Crippen LogP contribution in [-0.2, 0) is 16.1 Å². The van der Waals surface area contributed by atoms with Gasteiger partial charge in [-0.2, -0.15) is 0 Å². The Balaban J connectivity index is 1.63. The molecule has 0 aromatic heterocycles. The van der Waals surface area contributed by atoms with E-state index in [2.05, 4.69) is 4.74 Å². The molecule has 0 aliphatic carbocycles. The molecule has 1 saturated heterocycles. The average Bonchev–Trinajstić information content (AvgIpc) is 3.03. The second-order valence-corrected chi connectivity index (χ2v) is 6.89. The van der Waals surface area contributed by atoms with Gasteiger partial charge < -0.3 is 14.5 Å². The summed E-state index contributed by atoms with van der Waals surface area (Å²) < 4.78 is 67.5. The number of ether oxygens (including phenoxy) is 1. The highest BCUT2D eigenvalue weighted by atomic mass is 19.4. The summed E-state index contributed by atoms with van der Waals surface area (Å²) in [6.07, 6.45) is -4.92. The molecule has 30 heavy (non-hydrogen) atoms. The van der Waals surface area contributed by atoms with Crippen molar-refractivity contribution >= 4 is 17.5 Å². The van der Waals surface area contributed by atoms with Crippen LogP contribution in [0.4, 0.5) is 27.6 Å². The average molecular weight is 428 g/mol. The number of hydrogen-bond acceptors (Lipinski definition) is 3. The predicted molar refractivity (Wildman–Crippen MR) is 96.4 cm³/mol. The van der Waals surface area contributed by atoms with Gasteiger partial charge in [-0.15, -0.1) is 13.2 Å². The van der Waals surface area contributed by atoms with E-state index in [9.17, 15) is 31.5 Å². The van der Waals surface area contributed by atoms with Crippen molar-refractivity contribution in [2.75, 3.05) is 18.5 Å². The van der Waals surface area contributed by atoms with Gasteiger partial charge in [0.25, 0.3) is 0 Å². The molecule has 0 saturated carbocycles. The van der Waals surface area contributed by atoms with E-state index >= 15 is 0 Å². The summed E-state index contributed by atoms with van der Waals surface area (Å²) in [7, 11) is 1.49. The van der Waals surface area contributed by atoms with E-state index in [1.54, 1.807) is 0 Å².